The maximum absolute atomic E-state index is 9.01. The van der Waals surface area contributed by atoms with Crippen molar-refractivity contribution in [3.63, 3.8) is 0 Å². The summed E-state index contributed by atoms with van der Waals surface area (Å²) >= 11 is 1.71. The molecular formula is C10H11NOS. The third-order valence-electron chi connectivity index (χ3n) is 1.54. The Balaban J connectivity index is 2.30. The molecule has 0 aromatic heterocycles. The summed E-state index contributed by atoms with van der Waals surface area (Å²) in [6.45, 7) is 0. The monoisotopic (exact) mass is 193 g/mol. The Morgan fingerprint density at radius 3 is 2.62 bits per heavy atom. The van der Waals surface area contributed by atoms with Crippen molar-refractivity contribution in [2.45, 2.75) is 17.7 Å². The van der Waals surface area contributed by atoms with E-state index in [1.54, 1.807) is 23.9 Å². The Hall–Kier alpha value is -1.14. The van der Waals surface area contributed by atoms with Crippen LogP contribution in [0.15, 0.2) is 29.2 Å². The summed E-state index contributed by atoms with van der Waals surface area (Å²) in [6, 6.07) is 9.22. The topological polar surface area (TPSA) is 44.0 Å². The first-order chi connectivity index (χ1) is 6.33. The third-order valence-corrected chi connectivity index (χ3v) is 2.64. The predicted molar refractivity (Wildman–Crippen MR) is 53.7 cm³/mol. The molecule has 1 aromatic carbocycles. The molecule has 0 radical (unpaired) electrons. The molecule has 0 unspecified atom stereocenters. The maximum atomic E-state index is 9.01. The molecule has 0 fully saturated rings. The van der Waals surface area contributed by atoms with Gasteiger partial charge < -0.3 is 5.11 Å². The lowest BCUT2D eigenvalue weighted by Gasteiger charge is -1.99. The molecule has 1 N–H and O–H groups in total. The Kier molecular flexibility index (Phi) is 4.20. The summed E-state index contributed by atoms with van der Waals surface area (Å²) in [5, 5.41) is 17.3. The molecule has 0 amide bonds. The van der Waals surface area contributed by atoms with E-state index in [1.807, 2.05) is 12.1 Å². The van der Waals surface area contributed by atoms with E-state index >= 15 is 0 Å². The molecule has 68 valence electrons. The molecule has 0 saturated carbocycles. The second kappa shape index (κ2) is 5.50. The molecule has 0 atom stereocenters. The van der Waals surface area contributed by atoms with Crippen molar-refractivity contribution in [3.05, 3.63) is 24.3 Å². The Morgan fingerprint density at radius 2 is 2.00 bits per heavy atom. The molecule has 0 saturated heterocycles. The van der Waals surface area contributed by atoms with Gasteiger partial charge in [0.05, 0.1) is 6.07 Å². The number of hydrogen-bond acceptors (Lipinski definition) is 3. The van der Waals surface area contributed by atoms with Gasteiger partial charge in [0.2, 0.25) is 0 Å². The average Bonchev–Trinajstić information content (AvgIpc) is 2.15. The van der Waals surface area contributed by atoms with Crippen molar-refractivity contribution in [1.29, 1.82) is 5.26 Å². The van der Waals surface area contributed by atoms with Gasteiger partial charge >= 0.3 is 0 Å². The number of rotatable bonds is 4. The SMILES string of the molecule is N#CCCCSc1ccc(O)cc1. The van der Waals surface area contributed by atoms with Crippen molar-refractivity contribution < 1.29 is 5.11 Å². The van der Waals surface area contributed by atoms with Crippen LogP contribution in [0.2, 0.25) is 0 Å². The van der Waals surface area contributed by atoms with Crippen LogP contribution in [0, 0.1) is 11.3 Å². The number of nitrogens with zero attached hydrogens (tertiary/aromatic N) is 1. The summed E-state index contributed by atoms with van der Waals surface area (Å²) in [6.07, 6.45) is 1.53. The zero-order valence-corrected chi connectivity index (χ0v) is 8.05. The summed E-state index contributed by atoms with van der Waals surface area (Å²) in [7, 11) is 0. The lowest BCUT2D eigenvalue weighted by atomic mass is 10.3. The lowest BCUT2D eigenvalue weighted by Crippen LogP contribution is -1.78. The van der Waals surface area contributed by atoms with Crippen LogP contribution < -0.4 is 0 Å². The fourth-order valence-corrected chi connectivity index (χ4v) is 1.74. The second-order valence-corrected chi connectivity index (χ2v) is 3.77. The van der Waals surface area contributed by atoms with Gasteiger partial charge in [-0.1, -0.05) is 0 Å². The molecule has 13 heavy (non-hydrogen) atoms. The van der Waals surface area contributed by atoms with Crippen molar-refractivity contribution >= 4 is 11.8 Å². The van der Waals surface area contributed by atoms with Crippen LogP contribution in [0.25, 0.3) is 0 Å². The first-order valence-corrected chi connectivity index (χ1v) is 5.10. The Bertz CT molecular complexity index is 289. The third kappa shape index (κ3) is 3.86. The first-order valence-electron chi connectivity index (χ1n) is 4.11. The minimum atomic E-state index is 0.293. The minimum Gasteiger partial charge on any atom is -0.508 e. The molecular weight excluding hydrogens is 182 g/mol. The molecule has 1 aromatic rings. The number of hydrogen-bond donors (Lipinski definition) is 1. The highest BCUT2D eigenvalue weighted by Gasteiger charge is 1.93. The van der Waals surface area contributed by atoms with Crippen molar-refractivity contribution in [2.24, 2.45) is 0 Å². The van der Waals surface area contributed by atoms with Crippen LogP contribution in [0.5, 0.6) is 5.75 Å². The van der Waals surface area contributed by atoms with Gasteiger partial charge in [-0.2, -0.15) is 5.26 Å². The van der Waals surface area contributed by atoms with Gasteiger partial charge in [-0.15, -0.1) is 11.8 Å². The maximum Gasteiger partial charge on any atom is 0.115 e. The van der Waals surface area contributed by atoms with Gasteiger partial charge in [0.25, 0.3) is 0 Å². The summed E-state index contributed by atoms with van der Waals surface area (Å²) in [4.78, 5) is 1.13. The van der Waals surface area contributed by atoms with E-state index in [9.17, 15) is 0 Å². The second-order valence-electron chi connectivity index (χ2n) is 2.60. The molecule has 0 spiro atoms. The quantitative estimate of drug-likeness (QED) is 0.590. The van der Waals surface area contributed by atoms with Crippen LogP contribution in [0.3, 0.4) is 0 Å². The highest BCUT2D eigenvalue weighted by molar-refractivity contribution is 7.99. The molecule has 3 heteroatoms. The van der Waals surface area contributed by atoms with Gasteiger partial charge in [0.1, 0.15) is 5.75 Å². The zero-order valence-electron chi connectivity index (χ0n) is 7.23. The zero-order chi connectivity index (χ0) is 9.52. The lowest BCUT2D eigenvalue weighted by molar-refractivity contribution is 0.475. The van der Waals surface area contributed by atoms with E-state index in [1.165, 1.54) is 0 Å². The summed E-state index contributed by atoms with van der Waals surface area (Å²) < 4.78 is 0. The van der Waals surface area contributed by atoms with Crippen LogP contribution in [0.1, 0.15) is 12.8 Å². The number of aromatic hydroxyl groups is 1. The van der Waals surface area contributed by atoms with Crippen LogP contribution in [-0.4, -0.2) is 10.9 Å². The van der Waals surface area contributed by atoms with Crippen LogP contribution >= 0.6 is 11.8 Å². The molecule has 0 aliphatic heterocycles. The first kappa shape index (κ1) is 9.94. The van der Waals surface area contributed by atoms with E-state index in [0.29, 0.717) is 12.2 Å². The fraction of sp³-hybridized carbons (Fsp3) is 0.300. The number of nitriles is 1. The van der Waals surface area contributed by atoms with Crippen LogP contribution in [0.4, 0.5) is 0 Å². The Labute approximate surface area is 82.2 Å². The van der Waals surface area contributed by atoms with Gasteiger partial charge in [0.15, 0.2) is 0 Å². The number of unbranched alkanes of at least 4 members (excludes halogenated alkanes) is 1. The van der Waals surface area contributed by atoms with Gasteiger partial charge in [-0.05, 0) is 36.4 Å². The summed E-state index contributed by atoms with van der Waals surface area (Å²) in [5.41, 5.74) is 0. The number of benzene rings is 1. The molecule has 2 nitrogen and oxygen atoms in total. The molecule has 0 aliphatic rings. The van der Waals surface area contributed by atoms with Crippen LogP contribution in [-0.2, 0) is 0 Å². The molecule has 0 heterocycles. The van der Waals surface area contributed by atoms with E-state index in [0.717, 1.165) is 17.1 Å². The van der Waals surface area contributed by atoms with Gasteiger partial charge in [0, 0.05) is 11.3 Å². The average molecular weight is 193 g/mol. The van der Waals surface area contributed by atoms with Gasteiger partial charge in [-0.25, -0.2) is 0 Å². The number of phenols is 1. The Morgan fingerprint density at radius 1 is 1.31 bits per heavy atom. The standard InChI is InChI=1S/C10H11NOS/c11-7-1-2-8-13-10-5-3-9(12)4-6-10/h3-6,12H,1-2,8H2. The summed E-state index contributed by atoms with van der Waals surface area (Å²) in [5.74, 6) is 1.25. The van der Waals surface area contributed by atoms with E-state index in [2.05, 4.69) is 6.07 Å². The molecule has 0 bridgehead atoms. The normalized spacial score (nSPS) is 9.46. The minimum absolute atomic E-state index is 0.293. The van der Waals surface area contributed by atoms with E-state index < -0.39 is 0 Å². The van der Waals surface area contributed by atoms with Crippen molar-refractivity contribution in [3.8, 4) is 11.8 Å². The van der Waals surface area contributed by atoms with E-state index in [-0.39, 0.29) is 0 Å². The van der Waals surface area contributed by atoms with Gasteiger partial charge in [-0.3, -0.25) is 0 Å². The fourth-order valence-electron chi connectivity index (χ4n) is 0.884. The largest absolute Gasteiger partial charge is 0.508 e. The van der Waals surface area contributed by atoms with E-state index in [4.69, 9.17) is 10.4 Å². The molecule has 0 aliphatic carbocycles. The predicted octanol–water partition coefficient (Wildman–Crippen LogP) is 2.79. The smallest absolute Gasteiger partial charge is 0.115 e. The van der Waals surface area contributed by atoms with Crippen molar-refractivity contribution in [2.75, 3.05) is 5.75 Å². The number of phenolic OH excluding ortho intramolecular Hbond substituents is 1. The van der Waals surface area contributed by atoms with Crippen molar-refractivity contribution in [1.82, 2.24) is 0 Å². The highest BCUT2D eigenvalue weighted by Crippen LogP contribution is 2.21. The number of thioether (sulfide) groups is 1. The molecule has 1 rings (SSSR count). The highest BCUT2D eigenvalue weighted by atomic mass is 32.2.